The predicted octanol–water partition coefficient (Wildman–Crippen LogP) is 5.72. The average molecular weight is 461 g/mol. The molecule has 2 fully saturated rings. The van der Waals surface area contributed by atoms with E-state index in [1.807, 2.05) is 46.1 Å². The highest BCUT2D eigenvalue weighted by molar-refractivity contribution is 7.09. The van der Waals surface area contributed by atoms with E-state index in [2.05, 4.69) is 17.2 Å². The van der Waals surface area contributed by atoms with Crippen LogP contribution in [0.5, 0.6) is 0 Å². The Morgan fingerprint density at radius 2 is 1.97 bits per heavy atom. The van der Waals surface area contributed by atoms with Crippen LogP contribution in [0.4, 0.5) is 0 Å². The lowest BCUT2D eigenvalue weighted by Crippen LogP contribution is -2.32. The topological polar surface area (TPSA) is 78.2 Å². The van der Waals surface area contributed by atoms with Gasteiger partial charge in [0.05, 0.1) is 10.7 Å². The van der Waals surface area contributed by atoms with Crippen molar-refractivity contribution in [3.63, 3.8) is 0 Å². The Morgan fingerprint density at radius 1 is 1.22 bits per heavy atom. The molecule has 6 heteroatoms. The fraction of sp³-hybridized carbons (Fsp3) is 0.731. The van der Waals surface area contributed by atoms with Crippen molar-refractivity contribution in [2.75, 3.05) is 0 Å². The summed E-state index contributed by atoms with van der Waals surface area (Å²) in [5, 5.41) is 6.65. The van der Waals surface area contributed by atoms with Gasteiger partial charge in [-0.25, -0.2) is 4.98 Å². The minimum Gasteiger partial charge on any atom is -0.458 e. The minimum atomic E-state index is -0.517. The fourth-order valence-corrected chi connectivity index (χ4v) is 5.57. The van der Waals surface area contributed by atoms with Crippen molar-refractivity contribution in [3.8, 4) is 0 Å². The van der Waals surface area contributed by atoms with Crippen LogP contribution in [0, 0.1) is 24.2 Å². The molecule has 2 aliphatic heterocycles. The zero-order valence-electron chi connectivity index (χ0n) is 20.6. The molecule has 2 saturated heterocycles. The molecule has 5 unspecified atom stereocenters. The SMILES string of the molecule is CC(=Cc1csc(C)n1)C1CC2NC2CCCC(C)CC(C)C(=O)C(C)(C)CCC(=O)O1. The molecule has 0 aromatic carbocycles. The molecule has 0 spiro atoms. The van der Waals surface area contributed by atoms with E-state index in [4.69, 9.17) is 4.74 Å². The highest BCUT2D eigenvalue weighted by Gasteiger charge is 2.39. The molecule has 178 valence electrons. The normalized spacial score (nSPS) is 32.8. The lowest BCUT2D eigenvalue weighted by Gasteiger charge is -2.28. The number of Topliss-reactive ketones (excluding diaryl/α,β-unsaturated/α-hetero) is 1. The molecule has 0 radical (unpaired) electrons. The highest BCUT2D eigenvalue weighted by Crippen LogP contribution is 2.33. The van der Waals surface area contributed by atoms with E-state index in [0.29, 0.717) is 24.4 Å². The second-order valence-corrected chi connectivity index (χ2v) is 11.8. The summed E-state index contributed by atoms with van der Waals surface area (Å²) in [6.07, 6.45) is 7.73. The molecule has 3 heterocycles. The number of aromatic nitrogens is 1. The van der Waals surface area contributed by atoms with Gasteiger partial charge >= 0.3 is 5.97 Å². The summed E-state index contributed by atoms with van der Waals surface area (Å²) >= 11 is 1.62. The second kappa shape index (κ2) is 10.6. The molecule has 0 aliphatic carbocycles. The van der Waals surface area contributed by atoms with Crippen LogP contribution in [0.1, 0.15) is 90.3 Å². The Hall–Kier alpha value is -1.53. The number of hydrogen-bond acceptors (Lipinski definition) is 6. The van der Waals surface area contributed by atoms with Gasteiger partial charge in [0.1, 0.15) is 11.9 Å². The van der Waals surface area contributed by atoms with Crippen LogP contribution in [0.25, 0.3) is 6.08 Å². The third kappa shape index (κ3) is 6.98. The van der Waals surface area contributed by atoms with E-state index >= 15 is 0 Å². The highest BCUT2D eigenvalue weighted by atomic mass is 32.1. The summed E-state index contributed by atoms with van der Waals surface area (Å²) in [5.41, 5.74) is 1.43. The van der Waals surface area contributed by atoms with Crippen LogP contribution in [-0.2, 0) is 14.3 Å². The molecule has 5 atom stereocenters. The Labute approximate surface area is 197 Å². The number of ketones is 1. The fourth-order valence-electron chi connectivity index (χ4n) is 5.00. The van der Waals surface area contributed by atoms with Crippen molar-refractivity contribution < 1.29 is 14.3 Å². The Kier molecular flexibility index (Phi) is 8.31. The van der Waals surface area contributed by atoms with Gasteiger partial charge in [0, 0.05) is 41.6 Å². The summed E-state index contributed by atoms with van der Waals surface area (Å²) in [4.78, 5) is 30.4. The van der Waals surface area contributed by atoms with Crippen LogP contribution < -0.4 is 5.32 Å². The zero-order valence-corrected chi connectivity index (χ0v) is 21.4. The smallest absolute Gasteiger partial charge is 0.306 e. The minimum absolute atomic E-state index is 0.0234. The zero-order chi connectivity index (χ0) is 23.5. The monoisotopic (exact) mass is 460 g/mol. The van der Waals surface area contributed by atoms with Crippen LogP contribution in [-0.4, -0.2) is 34.9 Å². The van der Waals surface area contributed by atoms with Gasteiger partial charge in [0.2, 0.25) is 0 Å². The summed E-state index contributed by atoms with van der Waals surface area (Å²) < 4.78 is 5.98. The number of esters is 1. The number of thiazole rings is 1. The van der Waals surface area contributed by atoms with Crippen LogP contribution in [0.15, 0.2) is 11.0 Å². The number of carbonyl (C=O) groups is 2. The molecule has 32 heavy (non-hydrogen) atoms. The van der Waals surface area contributed by atoms with E-state index in [1.165, 1.54) is 0 Å². The molecule has 0 saturated carbocycles. The molecule has 2 aliphatic rings. The number of hydrogen-bond donors (Lipinski definition) is 1. The first-order chi connectivity index (χ1) is 15.0. The number of fused-ring (bicyclic) bond motifs is 1. The quantitative estimate of drug-likeness (QED) is 0.451. The largest absolute Gasteiger partial charge is 0.458 e. The third-order valence-corrected chi connectivity index (χ3v) is 7.90. The summed E-state index contributed by atoms with van der Waals surface area (Å²) in [6, 6.07) is 0.900. The van der Waals surface area contributed by atoms with Crippen LogP contribution in [0.3, 0.4) is 0 Å². The number of nitrogens with one attached hydrogen (secondary N) is 1. The van der Waals surface area contributed by atoms with Crippen molar-refractivity contribution in [3.05, 3.63) is 21.7 Å². The second-order valence-electron chi connectivity index (χ2n) is 10.7. The maximum atomic E-state index is 13.1. The van der Waals surface area contributed by atoms with E-state index < -0.39 is 5.41 Å². The first-order valence-corrected chi connectivity index (χ1v) is 13.0. The lowest BCUT2D eigenvalue weighted by atomic mass is 9.75. The maximum Gasteiger partial charge on any atom is 0.306 e. The van der Waals surface area contributed by atoms with Crippen molar-refractivity contribution >= 4 is 29.2 Å². The lowest BCUT2D eigenvalue weighted by molar-refractivity contribution is -0.148. The standard InChI is InChI=1S/C26H40N2O3S/c1-16-8-7-9-21-22(28-21)14-23(17(2)13-20-15-32-19(4)27-20)31-24(29)10-11-26(5,6)25(30)18(3)12-16/h13,15-16,18,21-23,28H,7-12,14H2,1-6H3. The Morgan fingerprint density at radius 3 is 2.66 bits per heavy atom. The van der Waals surface area contributed by atoms with Crippen molar-refractivity contribution in [2.24, 2.45) is 17.3 Å². The Balaban J connectivity index is 1.75. The summed E-state index contributed by atoms with van der Waals surface area (Å²) in [6.45, 7) is 12.3. The summed E-state index contributed by atoms with van der Waals surface area (Å²) in [5.74, 6) is 0.609. The average Bonchev–Trinajstić information content (AvgIpc) is 3.33. The van der Waals surface area contributed by atoms with E-state index in [0.717, 1.165) is 48.4 Å². The van der Waals surface area contributed by atoms with Crippen molar-refractivity contribution in [1.82, 2.24) is 10.3 Å². The van der Waals surface area contributed by atoms with Crippen LogP contribution in [0.2, 0.25) is 0 Å². The molecular formula is C26H40N2O3S. The first kappa shape index (κ1) is 25.1. The molecule has 1 aromatic rings. The van der Waals surface area contributed by atoms with E-state index in [-0.39, 0.29) is 30.2 Å². The molecule has 0 bridgehead atoms. The van der Waals surface area contributed by atoms with Gasteiger partial charge in [-0.05, 0) is 50.7 Å². The van der Waals surface area contributed by atoms with Crippen molar-refractivity contribution in [2.45, 2.75) is 105 Å². The van der Waals surface area contributed by atoms with Gasteiger partial charge in [-0.1, -0.05) is 40.5 Å². The number of nitrogens with zero attached hydrogens (tertiary/aromatic N) is 1. The van der Waals surface area contributed by atoms with Crippen LogP contribution >= 0.6 is 11.3 Å². The first-order valence-electron chi connectivity index (χ1n) is 12.2. The number of aryl methyl sites for hydroxylation is 1. The van der Waals surface area contributed by atoms with Gasteiger partial charge < -0.3 is 10.1 Å². The molecule has 5 nitrogen and oxygen atoms in total. The van der Waals surface area contributed by atoms with Gasteiger partial charge in [-0.3, -0.25) is 9.59 Å². The number of rotatable bonds is 2. The van der Waals surface area contributed by atoms with Gasteiger partial charge in [0.25, 0.3) is 0 Å². The van der Waals surface area contributed by atoms with Crippen molar-refractivity contribution in [1.29, 1.82) is 0 Å². The summed E-state index contributed by atoms with van der Waals surface area (Å²) in [7, 11) is 0. The van der Waals surface area contributed by atoms with Gasteiger partial charge in [-0.2, -0.15) is 0 Å². The number of ether oxygens (including phenoxy) is 1. The number of cyclic esters (lactones) is 1. The van der Waals surface area contributed by atoms with Gasteiger partial charge in [0.15, 0.2) is 0 Å². The maximum absolute atomic E-state index is 13.1. The third-order valence-electron chi connectivity index (χ3n) is 7.10. The molecular weight excluding hydrogens is 420 g/mol. The molecule has 1 aromatic heterocycles. The predicted molar refractivity (Wildman–Crippen MR) is 131 cm³/mol. The Bertz CT molecular complexity index is 844. The van der Waals surface area contributed by atoms with E-state index in [9.17, 15) is 9.59 Å². The molecule has 1 N–H and O–H groups in total. The van der Waals surface area contributed by atoms with E-state index in [1.54, 1.807) is 11.3 Å². The number of carbonyl (C=O) groups excluding carboxylic acids is 2. The van der Waals surface area contributed by atoms with Gasteiger partial charge in [-0.15, -0.1) is 11.3 Å². The molecule has 3 rings (SSSR count). The molecule has 0 amide bonds.